The molecule has 1 unspecified atom stereocenters. The first-order valence-electron chi connectivity index (χ1n) is 10.5. The predicted molar refractivity (Wildman–Crippen MR) is 135 cm³/mol. The minimum Gasteiger partial charge on any atom is -0.493 e. The van der Waals surface area contributed by atoms with Gasteiger partial charge < -0.3 is 29.2 Å². The zero-order chi connectivity index (χ0) is 22.2. The van der Waals surface area contributed by atoms with E-state index >= 15 is 0 Å². The summed E-state index contributed by atoms with van der Waals surface area (Å²) >= 11 is 0. The zero-order valence-corrected chi connectivity index (χ0v) is 21.8. The number of halogens is 1. The van der Waals surface area contributed by atoms with Gasteiger partial charge in [0.15, 0.2) is 17.5 Å². The second kappa shape index (κ2) is 12.7. The van der Waals surface area contributed by atoms with Crippen molar-refractivity contribution >= 4 is 29.9 Å². The van der Waals surface area contributed by atoms with Gasteiger partial charge in [-0.05, 0) is 19.4 Å². The van der Waals surface area contributed by atoms with Gasteiger partial charge in [0.2, 0.25) is 5.75 Å². The lowest BCUT2D eigenvalue weighted by Gasteiger charge is -2.34. The predicted octanol–water partition coefficient (Wildman–Crippen LogP) is 2.65. The van der Waals surface area contributed by atoms with Crippen molar-refractivity contribution < 1.29 is 18.9 Å². The number of nitrogens with one attached hydrogen (secondary N) is 1. The van der Waals surface area contributed by atoms with E-state index in [4.69, 9.17) is 23.9 Å². The summed E-state index contributed by atoms with van der Waals surface area (Å²) in [6.07, 6.45) is 4.56. The molecule has 1 aliphatic rings. The van der Waals surface area contributed by atoms with Crippen LogP contribution in [0.4, 0.5) is 0 Å². The standard InChI is InChI=1S/C22H33N5O4.HI/c1-6-23-22(27-11-12-31-19(15-27)17-13-25-26(2)14-17)24-10-9-16-7-8-18(28-3)21(30-5)20(16)29-4;/h7-8,13-14,19H,6,9-12,15H2,1-5H3,(H,23,24);1H. The van der Waals surface area contributed by atoms with Gasteiger partial charge in [-0.3, -0.25) is 9.67 Å². The smallest absolute Gasteiger partial charge is 0.203 e. The van der Waals surface area contributed by atoms with E-state index in [1.807, 2.05) is 31.6 Å². The molecule has 0 aliphatic carbocycles. The lowest BCUT2D eigenvalue weighted by atomic mass is 10.1. The second-order valence-electron chi connectivity index (χ2n) is 7.23. The summed E-state index contributed by atoms with van der Waals surface area (Å²) in [5.74, 6) is 2.82. The summed E-state index contributed by atoms with van der Waals surface area (Å²) in [7, 11) is 6.78. The van der Waals surface area contributed by atoms with Crippen LogP contribution in [-0.4, -0.2) is 74.8 Å². The van der Waals surface area contributed by atoms with Gasteiger partial charge in [0.05, 0.1) is 40.7 Å². The van der Waals surface area contributed by atoms with E-state index in [1.165, 1.54) is 0 Å². The highest BCUT2D eigenvalue weighted by Gasteiger charge is 2.25. The monoisotopic (exact) mass is 559 g/mol. The number of aryl methyl sites for hydroxylation is 1. The van der Waals surface area contributed by atoms with Crippen LogP contribution < -0.4 is 19.5 Å². The van der Waals surface area contributed by atoms with Crippen LogP contribution in [0.3, 0.4) is 0 Å². The maximum absolute atomic E-state index is 5.97. The average molecular weight is 559 g/mol. The fourth-order valence-electron chi connectivity index (χ4n) is 3.72. The average Bonchev–Trinajstić information content (AvgIpc) is 3.24. The molecule has 9 nitrogen and oxygen atoms in total. The number of aromatic nitrogens is 2. The minimum absolute atomic E-state index is 0. The molecule has 1 aliphatic heterocycles. The number of hydrogen-bond acceptors (Lipinski definition) is 6. The minimum atomic E-state index is -0.0164. The first-order valence-corrected chi connectivity index (χ1v) is 10.5. The van der Waals surface area contributed by atoms with Gasteiger partial charge in [0, 0.05) is 44.0 Å². The molecule has 32 heavy (non-hydrogen) atoms. The zero-order valence-electron chi connectivity index (χ0n) is 19.5. The Kier molecular flexibility index (Phi) is 10.4. The Morgan fingerprint density at radius 3 is 2.62 bits per heavy atom. The molecule has 2 aromatic rings. The molecule has 3 rings (SSSR count). The molecule has 2 heterocycles. The van der Waals surface area contributed by atoms with Gasteiger partial charge in [-0.1, -0.05) is 6.07 Å². The number of morpholine rings is 1. The van der Waals surface area contributed by atoms with Gasteiger partial charge in [-0.2, -0.15) is 5.10 Å². The van der Waals surface area contributed by atoms with Crippen molar-refractivity contribution in [2.75, 3.05) is 54.1 Å². The van der Waals surface area contributed by atoms with E-state index in [2.05, 4.69) is 22.2 Å². The third kappa shape index (κ3) is 6.18. The highest BCUT2D eigenvalue weighted by Crippen LogP contribution is 2.39. The Hall–Kier alpha value is -2.21. The third-order valence-electron chi connectivity index (χ3n) is 5.23. The van der Waals surface area contributed by atoms with E-state index in [9.17, 15) is 0 Å². The summed E-state index contributed by atoms with van der Waals surface area (Å²) in [6, 6.07) is 3.89. The van der Waals surface area contributed by atoms with Crippen molar-refractivity contribution in [3.63, 3.8) is 0 Å². The van der Waals surface area contributed by atoms with E-state index in [0.29, 0.717) is 30.4 Å². The molecule has 1 N–H and O–H groups in total. The van der Waals surface area contributed by atoms with E-state index in [1.54, 1.807) is 26.0 Å². The van der Waals surface area contributed by atoms with Gasteiger partial charge >= 0.3 is 0 Å². The number of benzene rings is 1. The van der Waals surface area contributed by atoms with Crippen LogP contribution in [0, 0.1) is 0 Å². The third-order valence-corrected chi connectivity index (χ3v) is 5.23. The van der Waals surface area contributed by atoms with E-state index < -0.39 is 0 Å². The van der Waals surface area contributed by atoms with Gasteiger partial charge in [-0.25, -0.2) is 0 Å². The Morgan fingerprint density at radius 1 is 1.22 bits per heavy atom. The number of aliphatic imine (C=N–C) groups is 1. The molecule has 1 saturated heterocycles. The molecule has 1 fully saturated rings. The maximum Gasteiger partial charge on any atom is 0.203 e. The Balaban J connectivity index is 0.00000363. The van der Waals surface area contributed by atoms with Crippen LogP contribution in [-0.2, 0) is 18.2 Å². The fourth-order valence-corrected chi connectivity index (χ4v) is 3.72. The molecule has 0 saturated carbocycles. The van der Waals surface area contributed by atoms with Crippen molar-refractivity contribution in [2.24, 2.45) is 12.0 Å². The van der Waals surface area contributed by atoms with Crippen molar-refractivity contribution in [1.82, 2.24) is 20.0 Å². The molecule has 0 bridgehead atoms. The van der Waals surface area contributed by atoms with Crippen LogP contribution in [0.25, 0.3) is 0 Å². The number of ether oxygens (including phenoxy) is 4. The number of rotatable bonds is 8. The molecule has 10 heteroatoms. The molecule has 1 aromatic carbocycles. The largest absolute Gasteiger partial charge is 0.493 e. The summed E-state index contributed by atoms with van der Waals surface area (Å²) in [5.41, 5.74) is 2.10. The molecule has 1 atom stereocenters. The van der Waals surface area contributed by atoms with Crippen LogP contribution in [0.5, 0.6) is 17.2 Å². The molecule has 0 spiro atoms. The molecule has 178 valence electrons. The summed E-state index contributed by atoms with van der Waals surface area (Å²) in [5, 5.41) is 7.67. The summed E-state index contributed by atoms with van der Waals surface area (Å²) < 4.78 is 24.2. The SMILES string of the molecule is CCNC(=NCCc1ccc(OC)c(OC)c1OC)N1CCOC(c2cnn(C)c2)C1.I. The van der Waals surface area contributed by atoms with Crippen molar-refractivity contribution in [3.8, 4) is 17.2 Å². The van der Waals surface area contributed by atoms with Crippen molar-refractivity contribution in [3.05, 3.63) is 35.7 Å². The number of nitrogens with zero attached hydrogens (tertiary/aromatic N) is 4. The highest BCUT2D eigenvalue weighted by atomic mass is 127. The first kappa shape index (κ1) is 26.0. The topological polar surface area (TPSA) is 82.4 Å². The molecule has 0 radical (unpaired) electrons. The molecule has 1 aromatic heterocycles. The quantitative estimate of drug-likeness (QED) is 0.303. The summed E-state index contributed by atoms with van der Waals surface area (Å²) in [6.45, 7) is 5.66. The lowest BCUT2D eigenvalue weighted by molar-refractivity contribution is -0.00803. The van der Waals surface area contributed by atoms with E-state index in [0.717, 1.165) is 43.1 Å². The first-order chi connectivity index (χ1) is 15.1. The lowest BCUT2D eigenvalue weighted by Crippen LogP contribution is -2.48. The second-order valence-corrected chi connectivity index (χ2v) is 7.23. The maximum atomic E-state index is 5.97. The number of hydrogen-bond donors (Lipinski definition) is 1. The van der Waals surface area contributed by atoms with E-state index in [-0.39, 0.29) is 30.1 Å². The molecular weight excluding hydrogens is 525 g/mol. The van der Waals surface area contributed by atoms with Crippen molar-refractivity contribution in [2.45, 2.75) is 19.4 Å². The Morgan fingerprint density at radius 2 is 2.00 bits per heavy atom. The molecule has 0 amide bonds. The molecular formula is C22H34IN5O4. The Labute approximate surface area is 207 Å². The van der Waals surface area contributed by atoms with Crippen LogP contribution >= 0.6 is 24.0 Å². The normalized spacial score (nSPS) is 16.3. The van der Waals surface area contributed by atoms with Gasteiger partial charge in [0.25, 0.3) is 0 Å². The van der Waals surface area contributed by atoms with Gasteiger partial charge in [-0.15, -0.1) is 24.0 Å². The number of methoxy groups -OCH3 is 3. The van der Waals surface area contributed by atoms with Gasteiger partial charge in [0.1, 0.15) is 6.10 Å². The Bertz CT molecular complexity index is 889. The van der Waals surface area contributed by atoms with Crippen LogP contribution in [0.2, 0.25) is 0 Å². The van der Waals surface area contributed by atoms with Crippen LogP contribution in [0.1, 0.15) is 24.2 Å². The summed E-state index contributed by atoms with van der Waals surface area (Å²) in [4.78, 5) is 7.11. The highest BCUT2D eigenvalue weighted by molar-refractivity contribution is 14.0. The fraction of sp³-hybridized carbons (Fsp3) is 0.545. The number of guanidine groups is 1. The van der Waals surface area contributed by atoms with Crippen LogP contribution in [0.15, 0.2) is 29.5 Å². The van der Waals surface area contributed by atoms with Crippen molar-refractivity contribution in [1.29, 1.82) is 0 Å².